The molecule has 44 heavy (non-hydrogen) atoms. The van der Waals surface area contributed by atoms with E-state index in [1.165, 1.54) is 19.6 Å². The van der Waals surface area contributed by atoms with Crippen LogP contribution < -0.4 is 20.9 Å². The number of methoxy groups -OCH3 is 1. The molecule has 2 N–H and O–H groups in total. The van der Waals surface area contributed by atoms with Gasteiger partial charge in [0.1, 0.15) is 11.6 Å². The molecule has 7 rings (SSSR count). The van der Waals surface area contributed by atoms with Crippen molar-refractivity contribution in [2.24, 2.45) is 28.2 Å². The average molecular weight is 603 g/mol. The highest BCUT2D eigenvalue weighted by Gasteiger charge is 2.56. The fourth-order valence-corrected chi connectivity index (χ4v) is 8.04. The van der Waals surface area contributed by atoms with E-state index in [0.717, 1.165) is 37.1 Å². The number of piperazine rings is 1. The van der Waals surface area contributed by atoms with Crippen molar-refractivity contribution in [2.45, 2.75) is 85.0 Å². The van der Waals surface area contributed by atoms with Crippen LogP contribution in [0.25, 0.3) is 10.9 Å². The molecule has 3 saturated carbocycles. The number of nitrogens with zero attached hydrogens (tertiary/aromatic N) is 4. The molecule has 2 heterocycles. The number of halogens is 1. The molecular formula is C35H47FN6O2. The lowest BCUT2D eigenvalue weighted by molar-refractivity contribution is -0.108. The number of rotatable bonds is 6. The van der Waals surface area contributed by atoms with E-state index in [9.17, 15) is 9.18 Å². The van der Waals surface area contributed by atoms with Gasteiger partial charge in [0, 0.05) is 43.0 Å². The highest BCUT2D eigenvalue weighted by molar-refractivity contribution is 5.96. The topological polar surface area (TPSA) is 83.8 Å². The van der Waals surface area contributed by atoms with Crippen molar-refractivity contribution in [3.63, 3.8) is 0 Å². The van der Waals surface area contributed by atoms with Gasteiger partial charge in [-0.25, -0.2) is 14.4 Å². The lowest BCUT2D eigenvalue weighted by atomic mass is 9.45. The van der Waals surface area contributed by atoms with Gasteiger partial charge in [0.15, 0.2) is 5.96 Å². The lowest BCUT2D eigenvalue weighted by Gasteiger charge is -2.61. The van der Waals surface area contributed by atoms with Gasteiger partial charge in [-0.05, 0) is 93.0 Å². The monoisotopic (exact) mass is 602 g/mol. The summed E-state index contributed by atoms with van der Waals surface area (Å²) in [4.78, 5) is 26.0. The second kappa shape index (κ2) is 11.8. The standard InChI is InChI=1S/C35H47FN6O2/c1-20-17-41(18-21(2)38-20)34(40-31-14-25-13-29(23(31)4)35(25,5)6)39-26-9-11-28-32(15-26)37-19-42(33(28)43)22(3)12-24-8-10-27(44-7)16-30(24)36/h8-11,15-16,19-23,25,29,31,38H,12-14,17-18H2,1-7H3,(H,39,40)/t20-,21-,22+,23-,25-,29+,31-/m0/s1. The maximum Gasteiger partial charge on any atom is 0.261 e. The normalized spacial score (nSPS) is 28.8. The molecule has 7 atom stereocenters. The van der Waals surface area contributed by atoms with Crippen molar-refractivity contribution < 1.29 is 9.13 Å². The molecule has 1 saturated heterocycles. The van der Waals surface area contributed by atoms with Crippen LogP contribution in [0.15, 0.2) is 52.5 Å². The molecule has 9 heteroatoms. The van der Waals surface area contributed by atoms with Gasteiger partial charge < -0.3 is 20.3 Å². The zero-order chi connectivity index (χ0) is 31.3. The molecule has 3 aromatic rings. The molecule has 4 fully saturated rings. The predicted octanol–water partition coefficient (Wildman–Crippen LogP) is 5.87. The molecule has 236 valence electrons. The van der Waals surface area contributed by atoms with Crippen molar-refractivity contribution in [1.82, 2.24) is 19.8 Å². The molecule has 4 aliphatic rings. The molecule has 0 spiro atoms. The predicted molar refractivity (Wildman–Crippen MR) is 175 cm³/mol. The van der Waals surface area contributed by atoms with Crippen LogP contribution in [0.3, 0.4) is 0 Å². The van der Waals surface area contributed by atoms with Crippen LogP contribution in [0.5, 0.6) is 5.75 Å². The SMILES string of the molecule is COc1ccc(C[C@@H](C)n2cnc3cc(NC(=N[C@H]4C[C@@H]5C[C@H]([C@@H]4C)C5(C)C)N4C[C@H](C)N[C@@H](C)C4)ccc3c2=O)c(F)c1. The number of aromatic nitrogens is 2. The summed E-state index contributed by atoms with van der Waals surface area (Å²) in [6.45, 7) is 15.3. The van der Waals surface area contributed by atoms with Crippen LogP contribution >= 0.6 is 0 Å². The van der Waals surface area contributed by atoms with Crippen molar-refractivity contribution in [2.75, 3.05) is 25.5 Å². The number of nitrogens with one attached hydrogen (secondary N) is 2. The first-order chi connectivity index (χ1) is 20.9. The second-order valence-corrected chi connectivity index (χ2v) is 14.2. The number of anilines is 1. The molecular weight excluding hydrogens is 555 g/mol. The number of fused-ring (bicyclic) bond motifs is 3. The van der Waals surface area contributed by atoms with E-state index in [0.29, 0.717) is 58.0 Å². The van der Waals surface area contributed by atoms with Crippen LogP contribution in [-0.2, 0) is 6.42 Å². The zero-order valence-corrected chi connectivity index (χ0v) is 27.1. The van der Waals surface area contributed by atoms with E-state index in [1.807, 2.05) is 25.1 Å². The van der Waals surface area contributed by atoms with Gasteiger partial charge >= 0.3 is 0 Å². The summed E-state index contributed by atoms with van der Waals surface area (Å²) in [6, 6.07) is 11.3. The Morgan fingerprint density at radius 1 is 1.16 bits per heavy atom. The summed E-state index contributed by atoms with van der Waals surface area (Å²) in [5.74, 6) is 3.01. The Kier molecular flexibility index (Phi) is 8.20. The Morgan fingerprint density at radius 2 is 1.91 bits per heavy atom. The first-order valence-electron chi connectivity index (χ1n) is 16.1. The van der Waals surface area contributed by atoms with Crippen molar-refractivity contribution in [1.29, 1.82) is 0 Å². The fraction of sp³-hybridized carbons (Fsp3) is 0.571. The van der Waals surface area contributed by atoms with Crippen molar-refractivity contribution in [3.8, 4) is 5.75 Å². The number of ether oxygens (including phenoxy) is 1. The molecule has 8 nitrogen and oxygen atoms in total. The van der Waals surface area contributed by atoms with Crippen LogP contribution in [0, 0.1) is 29.0 Å². The fourth-order valence-electron chi connectivity index (χ4n) is 8.04. The molecule has 0 unspecified atom stereocenters. The van der Waals surface area contributed by atoms with E-state index in [1.54, 1.807) is 23.0 Å². The Labute approximate surface area is 260 Å². The number of hydrogen-bond donors (Lipinski definition) is 2. The molecule has 3 aliphatic carbocycles. The Bertz CT molecular complexity index is 1610. The minimum Gasteiger partial charge on any atom is -0.497 e. The van der Waals surface area contributed by atoms with Crippen LogP contribution in [0.4, 0.5) is 10.1 Å². The first kappa shape index (κ1) is 30.6. The third kappa shape index (κ3) is 5.71. The third-order valence-electron chi connectivity index (χ3n) is 10.7. The summed E-state index contributed by atoms with van der Waals surface area (Å²) in [5, 5.41) is 7.82. The van der Waals surface area contributed by atoms with Gasteiger partial charge in [-0.15, -0.1) is 0 Å². The smallest absolute Gasteiger partial charge is 0.261 e. The van der Waals surface area contributed by atoms with Crippen LogP contribution in [-0.4, -0.2) is 58.7 Å². The summed E-state index contributed by atoms with van der Waals surface area (Å²) in [6.07, 6.45) is 4.39. The largest absolute Gasteiger partial charge is 0.497 e. The number of hydrogen-bond acceptors (Lipinski definition) is 5. The molecule has 0 radical (unpaired) electrons. The number of aliphatic imine (C=N–C) groups is 1. The van der Waals surface area contributed by atoms with E-state index < -0.39 is 0 Å². The van der Waals surface area contributed by atoms with Crippen LogP contribution in [0.1, 0.15) is 66.0 Å². The first-order valence-corrected chi connectivity index (χ1v) is 16.1. The quantitative estimate of drug-likeness (QED) is 0.271. The van der Waals surface area contributed by atoms with Gasteiger partial charge in [-0.1, -0.05) is 26.8 Å². The summed E-state index contributed by atoms with van der Waals surface area (Å²) in [7, 11) is 1.51. The molecule has 0 amide bonds. The van der Waals surface area contributed by atoms with Gasteiger partial charge in [-0.2, -0.15) is 0 Å². The molecule has 2 aromatic carbocycles. The van der Waals surface area contributed by atoms with Crippen LogP contribution in [0.2, 0.25) is 0 Å². The maximum absolute atomic E-state index is 14.6. The van der Waals surface area contributed by atoms with E-state index >= 15 is 0 Å². The van der Waals surface area contributed by atoms with Gasteiger partial charge in [0.25, 0.3) is 5.56 Å². The zero-order valence-electron chi connectivity index (χ0n) is 27.1. The maximum atomic E-state index is 14.6. The molecule has 1 aromatic heterocycles. The highest BCUT2D eigenvalue weighted by atomic mass is 19.1. The van der Waals surface area contributed by atoms with E-state index in [4.69, 9.17) is 9.73 Å². The minimum atomic E-state index is -0.345. The van der Waals surface area contributed by atoms with Crippen molar-refractivity contribution >= 4 is 22.5 Å². The lowest BCUT2D eigenvalue weighted by Crippen LogP contribution is -2.59. The Hall–Kier alpha value is -3.46. The minimum absolute atomic E-state index is 0.139. The third-order valence-corrected chi connectivity index (χ3v) is 10.7. The highest BCUT2D eigenvalue weighted by Crippen LogP contribution is 2.61. The summed E-state index contributed by atoms with van der Waals surface area (Å²) in [5.41, 5.74) is 2.28. The number of benzene rings is 2. The molecule has 1 aliphatic heterocycles. The van der Waals surface area contributed by atoms with E-state index in [2.05, 4.69) is 55.1 Å². The van der Waals surface area contributed by atoms with Gasteiger partial charge in [0.05, 0.1) is 30.4 Å². The Balaban J connectivity index is 1.26. The van der Waals surface area contributed by atoms with E-state index in [-0.39, 0.29) is 23.5 Å². The molecule has 2 bridgehead atoms. The Morgan fingerprint density at radius 3 is 2.57 bits per heavy atom. The van der Waals surface area contributed by atoms with Gasteiger partial charge in [0.2, 0.25) is 0 Å². The summed E-state index contributed by atoms with van der Waals surface area (Å²) < 4.78 is 21.3. The average Bonchev–Trinajstić information content (AvgIpc) is 2.98. The van der Waals surface area contributed by atoms with Gasteiger partial charge in [-0.3, -0.25) is 9.36 Å². The second-order valence-electron chi connectivity index (χ2n) is 14.2. The number of guanidine groups is 1. The summed E-state index contributed by atoms with van der Waals surface area (Å²) >= 11 is 0. The van der Waals surface area contributed by atoms with Crippen molar-refractivity contribution in [3.05, 3.63) is 64.5 Å².